The second-order valence-electron chi connectivity index (χ2n) is 7.89. The average molecular weight is 359 g/mol. The molecule has 138 valence electrons. The molecular formula is C23H25N3O. The van der Waals surface area contributed by atoms with E-state index in [1.54, 1.807) is 6.08 Å². The van der Waals surface area contributed by atoms with Gasteiger partial charge in [0.25, 0.3) is 5.70 Å². The van der Waals surface area contributed by atoms with Crippen molar-refractivity contribution in [1.29, 1.82) is 5.26 Å². The lowest BCUT2D eigenvalue weighted by molar-refractivity contribution is 0.219. The molecule has 3 rings (SSSR count). The number of fused-ring (bicyclic) bond motifs is 1. The Bertz CT molecular complexity index is 885. The smallest absolute Gasteiger partial charge is 0.265 e. The van der Waals surface area contributed by atoms with Gasteiger partial charge in [0.05, 0.1) is 19.2 Å². The van der Waals surface area contributed by atoms with Gasteiger partial charge < -0.3 is 9.64 Å². The van der Waals surface area contributed by atoms with E-state index in [0.717, 1.165) is 24.1 Å². The van der Waals surface area contributed by atoms with Crippen LogP contribution in [0.15, 0.2) is 47.4 Å². The van der Waals surface area contributed by atoms with Crippen LogP contribution < -0.4 is 4.90 Å². The first-order valence-electron chi connectivity index (χ1n) is 9.36. The molecule has 4 nitrogen and oxygen atoms in total. The Morgan fingerprint density at radius 1 is 1.30 bits per heavy atom. The zero-order valence-corrected chi connectivity index (χ0v) is 16.2. The van der Waals surface area contributed by atoms with E-state index in [9.17, 15) is 0 Å². The van der Waals surface area contributed by atoms with Crippen molar-refractivity contribution in [2.45, 2.75) is 45.6 Å². The van der Waals surface area contributed by atoms with Gasteiger partial charge in [0.1, 0.15) is 5.76 Å². The van der Waals surface area contributed by atoms with Crippen LogP contribution in [0.1, 0.15) is 44.7 Å². The Labute approximate surface area is 161 Å². The van der Waals surface area contributed by atoms with E-state index in [2.05, 4.69) is 48.7 Å². The van der Waals surface area contributed by atoms with Crippen LogP contribution in [0.5, 0.6) is 0 Å². The Kier molecular flexibility index (Phi) is 5.38. The standard InChI is InChI=1S/C23H25N3O/c1-23(2,3)26-12-5-6-19-14-17(8-10-22(19)26)7-9-20-15-18(11-13-27-20)21(16-24)25-4/h7-10,14-15H,5-6,11-13H2,1-3H3. The third kappa shape index (κ3) is 4.23. The van der Waals surface area contributed by atoms with Crippen molar-refractivity contribution in [2.24, 2.45) is 0 Å². The van der Waals surface area contributed by atoms with Crippen molar-refractivity contribution in [3.05, 3.63) is 69.9 Å². The number of benzene rings is 1. The summed E-state index contributed by atoms with van der Waals surface area (Å²) in [6.45, 7) is 15.5. The summed E-state index contributed by atoms with van der Waals surface area (Å²) >= 11 is 0. The Morgan fingerprint density at radius 2 is 2.11 bits per heavy atom. The molecule has 0 bridgehead atoms. The van der Waals surface area contributed by atoms with Gasteiger partial charge in [0.2, 0.25) is 0 Å². The summed E-state index contributed by atoms with van der Waals surface area (Å²) in [6.07, 6.45) is 8.64. The summed E-state index contributed by atoms with van der Waals surface area (Å²) < 4.78 is 5.66. The van der Waals surface area contributed by atoms with Crippen molar-refractivity contribution in [3.63, 3.8) is 0 Å². The topological polar surface area (TPSA) is 40.6 Å². The van der Waals surface area contributed by atoms with Crippen molar-refractivity contribution in [2.75, 3.05) is 18.1 Å². The lowest BCUT2D eigenvalue weighted by Crippen LogP contribution is -2.44. The second-order valence-corrected chi connectivity index (χ2v) is 7.89. The molecular weight excluding hydrogens is 334 g/mol. The lowest BCUT2D eigenvalue weighted by atomic mass is 9.94. The van der Waals surface area contributed by atoms with Crippen molar-refractivity contribution < 1.29 is 4.74 Å². The number of hydrogen-bond acceptors (Lipinski definition) is 3. The van der Waals surface area contributed by atoms with Crippen LogP contribution in [-0.2, 0) is 11.2 Å². The molecule has 0 amide bonds. The summed E-state index contributed by atoms with van der Waals surface area (Å²) in [6, 6.07) is 8.57. The SMILES string of the molecule is [C-]#[N+]C(C#N)=C1C=C(C=Cc2ccc3c(c2)CCCN3C(C)(C)C)OCC1. The maximum Gasteiger partial charge on any atom is 0.265 e. The predicted molar refractivity (Wildman–Crippen MR) is 109 cm³/mol. The fourth-order valence-electron chi connectivity index (χ4n) is 3.61. The van der Waals surface area contributed by atoms with Crippen LogP contribution in [0.25, 0.3) is 10.9 Å². The molecule has 0 N–H and O–H groups in total. The van der Waals surface area contributed by atoms with Crippen LogP contribution in [0.4, 0.5) is 5.69 Å². The molecule has 0 aliphatic carbocycles. The predicted octanol–water partition coefficient (Wildman–Crippen LogP) is 5.25. The largest absolute Gasteiger partial charge is 0.493 e. The minimum absolute atomic E-state index is 0.122. The average Bonchev–Trinajstić information content (AvgIpc) is 2.66. The first-order valence-corrected chi connectivity index (χ1v) is 9.36. The quantitative estimate of drug-likeness (QED) is 0.535. The highest BCUT2D eigenvalue weighted by Gasteiger charge is 2.26. The van der Waals surface area contributed by atoms with E-state index in [-0.39, 0.29) is 11.2 Å². The molecule has 0 spiro atoms. The maximum atomic E-state index is 9.05. The zero-order chi connectivity index (χ0) is 19.4. The molecule has 2 heterocycles. The normalized spacial score (nSPS) is 18.9. The molecule has 0 aromatic heterocycles. The van der Waals surface area contributed by atoms with Crippen molar-refractivity contribution >= 4 is 11.8 Å². The number of hydrogen-bond donors (Lipinski definition) is 0. The molecule has 4 heteroatoms. The molecule has 2 aliphatic rings. The number of allylic oxidation sites excluding steroid dienone is 3. The molecule has 2 aliphatic heterocycles. The Hall–Kier alpha value is -2.98. The van der Waals surface area contributed by atoms with Gasteiger partial charge in [-0.15, -0.1) is 0 Å². The summed E-state index contributed by atoms with van der Waals surface area (Å²) in [5.74, 6) is 0.696. The second kappa shape index (κ2) is 7.72. The van der Waals surface area contributed by atoms with E-state index >= 15 is 0 Å². The number of rotatable bonds is 2. The monoisotopic (exact) mass is 359 g/mol. The fraction of sp³-hybridized carbons (Fsp3) is 0.391. The molecule has 0 unspecified atom stereocenters. The first-order chi connectivity index (χ1) is 12.9. The molecule has 0 fully saturated rings. The van der Waals surface area contributed by atoms with Gasteiger partial charge in [-0.2, -0.15) is 0 Å². The number of aryl methyl sites for hydroxylation is 1. The highest BCUT2D eigenvalue weighted by molar-refractivity contribution is 5.64. The number of nitrogens with zero attached hydrogens (tertiary/aromatic N) is 3. The van der Waals surface area contributed by atoms with Crippen molar-refractivity contribution in [1.82, 2.24) is 0 Å². The van der Waals surface area contributed by atoms with E-state index < -0.39 is 0 Å². The van der Waals surface area contributed by atoms with E-state index in [1.165, 1.54) is 17.7 Å². The van der Waals surface area contributed by atoms with Gasteiger partial charge in [-0.25, -0.2) is 10.1 Å². The summed E-state index contributed by atoms with van der Waals surface area (Å²) in [4.78, 5) is 5.78. The number of anilines is 1. The molecule has 0 saturated carbocycles. The van der Waals surface area contributed by atoms with Crippen LogP contribution in [0.2, 0.25) is 0 Å². The fourth-order valence-corrected chi connectivity index (χ4v) is 3.61. The maximum absolute atomic E-state index is 9.05. The lowest BCUT2D eigenvalue weighted by Gasteiger charge is -2.41. The van der Waals surface area contributed by atoms with E-state index in [0.29, 0.717) is 18.8 Å². The molecule has 1 aromatic carbocycles. The van der Waals surface area contributed by atoms with Crippen molar-refractivity contribution in [3.8, 4) is 6.07 Å². The van der Waals surface area contributed by atoms with Crippen LogP contribution in [0.3, 0.4) is 0 Å². The minimum Gasteiger partial charge on any atom is -0.493 e. The third-order valence-corrected chi connectivity index (χ3v) is 4.95. The highest BCUT2D eigenvalue weighted by atomic mass is 16.5. The third-order valence-electron chi connectivity index (χ3n) is 4.95. The zero-order valence-electron chi connectivity index (χ0n) is 16.2. The van der Waals surface area contributed by atoms with E-state index in [1.807, 2.05) is 18.2 Å². The molecule has 1 aromatic rings. The first kappa shape index (κ1) is 18.8. The minimum atomic E-state index is 0.122. The van der Waals surface area contributed by atoms with Gasteiger partial charge in [0.15, 0.2) is 0 Å². The van der Waals surface area contributed by atoms with Crippen LogP contribution >= 0.6 is 0 Å². The Morgan fingerprint density at radius 3 is 2.81 bits per heavy atom. The summed E-state index contributed by atoms with van der Waals surface area (Å²) in [5.41, 5.74) is 4.88. The van der Waals surface area contributed by atoms with E-state index in [4.69, 9.17) is 16.6 Å². The van der Waals surface area contributed by atoms with Crippen LogP contribution in [-0.4, -0.2) is 18.7 Å². The van der Waals surface area contributed by atoms with Gasteiger partial charge >= 0.3 is 0 Å². The summed E-state index contributed by atoms with van der Waals surface area (Å²) in [5, 5.41) is 9.05. The molecule has 0 atom stereocenters. The van der Waals surface area contributed by atoms with Gasteiger partial charge in [0, 0.05) is 17.8 Å². The van der Waals surface area contributed by atoms with Gasteiger partial charge in [-0.1, -0.05) is 12.1 Å². The van der Waals surface area contributed by atoms with Crippen LogP contribution in [0, 0.1) is 17.9 Å². The van der Waals surface area contributed by atoms with Gasteiger partial charge in [-0.05, 0) is 81.0 Å². The number of ether oxygens (including phenoxy) is 1. The number of nitriles is 1. The molecule has 0 saturated heterocycles. The summed E-state index contributed by atoms with van der Waals surface area (Å²) in [7, 11) is 0. The highest BCUT2D eigenvalue weighted by Crippen LogP contribution is 2.33. The molecule has 27 heavy (non-hydrogen) atoms. The van der Waals surface area contributed by atoms with Gasteiger partial charge in [-0.3, -0.25) is 0 Å². The molecule has 0 radical (unpaired) electrons. The Balaban J connectivity index is 1.84.